The highest BCUT2D eigenvalue weighted by Gasteiger charge is 2.33. The first-order chi connectivity index (χ1) is 11.1. The highest BCUT2D eigenvalue weighted by Crippen LogP contribution is 2.40. The van der Waals surface area contributed by atoms with E-state index in [0.29, 0.717) is 24.5 Å². The van der Waals surface area contributed by atoms with Gasteiger partial charge in [0.15, 0.2) is 5.69 Å². The highest BCUT2D eigenvalue weighted by molar-refractivity contribution is 5.92. The fraction of sp³-hybridized carbons (Fsp3) is 0.444. The van der Waals surface area contributed by atoms with Crippen LogP contribution in [0, 0.1) is 0 Å². The number of amides is 1. The minimum absolute atomic E-state index is 0.228. The van der Waals surface area contributed by atoms with Gasteiger partial charge in [-0.3, -0.25) is 4.79 Å². The molecule has 120 valence electrons. The highest BCUT2D eigenvalue weighted by atomic mass is 16.5. The van der Waals surface area contributed by atoms with Gasteiger partial charge in [-0.15, -0.1) is 0 Å². The van der Waals surface area contributed by atoms with Crippen LogP contribution in [0.1, 0.15) is 52.6 Å². The van der Waals surface area contributed by atoms with Crippen molar-refractivity contribution in [3.05, 3.63) is 52.9 Å². The van der Waals surface area contributed by atoms with Crippen LogP contribution in [0.15, 0.2) is 34.9 Å². The number of carbonyl (C=O) groups is 1. The van der Waals surface area contributed by atoms with Crippen molar-refractivity contribution >= 4 is 5.91 Å². The summed E-state index contributed by atoms with van der Waals surface area (Å²) in [5.41, 5.74) is 1.85. The summed E-state index contributed by atoms with van der Waals surface area (Å²) in [4.78, 5) is 12.2. The number of rotatable bonds is 4. The summed E-state index contributed by atoms with van der Waals surface area (Å²) in [5, 5.41) is 17.4. The fourth-order valence-electron chi connectivity index (χ4n) is 3.23. The van der Waals surface area contributed by atoms with Crippen LogP contribution in [-0.2, 0) is 12.8 Å². The largest absolute Gasteiger partial charge is 0.388 e. The fourth-order valence-corrected chi connectivity index (χ4v) is 3.23. The zero-order chi connectivity index (χ0) is 15.9. The van der Waals surface area contributed by atoms with Crippen LogP contribution in [0.3, 0.4) is 0 Å². The Morgan fingerprint density at radius 2 is 2.13 bits per heavy atom. The Hall–Kier alpha value is -2.14. The predicted molar refractivity (Wildman–Crippen MR) is 84.2 cm³/mol. The lowest BCUT2D eigenvalue weighted by atomic mass is 9.80. The Kier molecular flexibility index (Phi) is 3.45. The molecule has 5 nitrogen and oxygen atoms in total. The smallest absolute Gasteiger partial charge is 0.273 e. The molecular weight excluding hydrogens is 292 g/mol. The zero-order valence-corrected chi connectivity index (χ0v) is 12.9. The van der Waals surface area contributed by atoms with E-state index in [2.05, 4.69) is 16.5 Å². The van der Waals surface area contributed by atoms with Crippen LogP contribution in [0.4, 0.5) is 0 Å². The van der Waals surface area contributed by atoms with E-state index < -0.39 is 5.60 Å². The number of hydrogen-bond donors (Lipinski definition) is 2. The van der Waals surface area contributed by atoms with Gasteiger partial charge in [-0.2, -0.15) is 0 Å². The maximum absolute atomic E-state index is 12.2. The van der Waals surface area contributed by atoms with Crippen LogP contribution < -0.4 is 5.32 Å². The Morgan fingerprint density at radius 1 is 1.35 bits per heavy atom. The lowest BCUT2D eigenvalue weighted by Crippen LogP contribution is -2.46. The number of carbonyl (C=O) groups excluding carboxylic acids is 1. The number of nitrogens with one attached hydrogen (secondary N) is 1. The molecule has 23 heavy (non-hydrogen) atoms. The van der Waals surface area contributed by atoms with Crippen molar-refractivity contribution in [2.75, 3.05) is 6.54 Å². The normalized spacial score (nSPS) is 23.3. The van der Waals surface area contributed by atoms with Crippen molar-refractivity contribution in [3.8, 4) is 0 Å². The van der Waals surface area contributed by atoms with E-state index in [1.54, 1.807) is 6.07 Å². The van der Waals surface area contributed by atoms with Crippen molar-refractivity contribution in [3.63, 3.8) is 0 Å². The number of aliphatic hydroxyl groups is 1. The van der Waals surface area contributed by atoms with E-state index in [-0.39, 0.29) is 12.5 Å². The van der Waals surface area contributed by atoms with E-state index in [4.69, 9.17) is 4.52 Å². The zero-order valence-electron chi connectivity index (χ0n) is 12.9. The first-order valence-electron chi connectivity index (χ1n) is 8.17. The molecule has 0 bridgehead atoms. The molecule has 4 rings (SSSR count). The van der Waals surface area contributed by atoms with Crippen LogP contribution in [0.2, 0.25) is 0 Å². The van der Waals surface area contributed by atoms with Crippen LogP contribution in [0.25, 0.3) is 0 Å². The summed E-state index contributed by atoms with van der Waals surface area (Å²) in [6.45, 7) is 0.228. The molecule has 0 radical (unpaired) electrons. The van der Waals surface area contributed by atoms with E-state index >= 15 is 0 Å². The summed E-state index contributed by atoms with van der Waals surface area (Å²) in [6.07, 6.45) is 4.26. The van der Waals surface area contributed by atoms with Crippen molar-refractivity contribution in [2.24, 2.45) is 0 Å². The van der Waals surface area contributed by atoms with E-state index in [1.165, 1.54) is 5.56 Å². The quantitative estimate of drug-likeness (QED) is 0.907. The van der Waals surface area contributed by atoms with Crippen molar-refractivity contribution < 1.29 is 14.4 Å². The van der Waals surface area contributed by atoms with Gasteiger partial charge in [0, 0.05) is 24.9 Å². The SMILES string of the molecule is O=C(NCC1(O)CCc2ccccc2C1)c1cc(C2CC2)on1. The summed E-state index contributed by atoms with van der Waals surface area (Å²) in [6, 6.07) is 9.86. The lowest BCUT2D eigenvalue weighted by Gasteiger charge is -2.33. The molecule has 1 atom stereocenters. The molecule has 1 amide bonds. The van der Waals surface area contributed by atoms with Gasteiger partial charge >= 0.3 is 0 Å². The second-order valence-corrected chi connectivity index (χ2v) is 6.74. The molecule has 1 heterocycles. The minimum Gasteiger partial charge on any atom is -0.388 e. The summed E-state index contributed by atoms with van der Waals surface area (Å²) >= 11 is 0. The molecule has 1 fully saturated rings. The van der Waals surface area contributed by atoms with Crippen molar-refractivity contribution in [2.45, 2.75) is 43.6 Å². The van der Waals surface area contributed by atoms with Gasteiger partial charge in [0.2, 0.25) is 0 Å². The molecule has 1 saturated carbocycles. The molecule has 0 aliphatic heterocycles. The number of hydrogen-bond acceptors (Lipinski definition) is 4. The molecule has 1 aromatic carbocycles. The third kappa shape index (κ3) is 3.01. The monoisotopic (exact) mass is 312 g/mol. The molecule has 2 aliphatic carbocycles. The molecule has 0 saturated heterocycles. The molecule has 1 unspecified atom stereocenters. The van der Waals surface area contributed by atoms with Gasteiger partial charge in [-0.05, 0) is 36.8 Å². The van der Waals surface area contributed by atoms with Gasteiger partial charge in [-0.1, -0.05) is 29.4 Å². The first-order valence-corrected chi connectivity index (χ1v) is 8.17. The van der Waals surface area contributed by atoms with E-state index in [1.807, 2.05) is 18.2 Å². The molecule has 2 aromatic rings. The Labute approximate surface area is 134 Å². The molecular formula is C18H20N2O3. The molecule has 1 aromatic heterocycles. The number of fused-ring (bicyclic) bond motifs is 1. The van der Waals surface area contributed by atoms with E-state index in [0.717, 1.165) is 30.6 Å². The van der Waals surface area contributed by atoms with Crippen LogP contribution in [-0.4, -0.2) is 28.3 Å². The Bertz CT molecular complexity index is 735. The lowest BCUT2D eigenvalue weighted by molar-refractivity contribution is 0.0259. The Morgan fingerprint density at radius 3 is 2.91 bits per heavy atom. The van der Waals surface area contributed by atoms with Gasteiger partial charge in [0.05, 0.1) is 5.60 Å². The van der Waals surface area contributed by atoms with Crippen LogP contribution >= 0.6 is 0 Å². The number of benzene rings is 1. The average Bonchev–Trinajstić information content (AvgIpc) is 3.30. The average molecular weight is 312 g/mol. The molecule has 0 spiro atoms. The van der Waals surface area contributed by atoms with Gasteiger partial charge < -0.3 is 14.9 Å². The topological polar surface area (TPSA) is 75.4 Å². The predicted octanol–water partition coefficient (Wildman–Crippen LogP) is 2.20. The summed E-state index contributed by atoms with van der Waals surface area (Å²) < 4.78 is 5.20. The first kappa shape index (κ1) is 14.5. The molecule has 2 N–H and O–H groups in total. The van der Waals surface area contributed by atoms with Crippen molar-refractivity contribution in [1.82, 2.24) is 10.5 Å². The summed E-state index contributed by atoms with van der Waals surface area (Å²) in [7, 11) is 0. The second kappa shape index (κ2) is 5.49. The minimum atomic E-state index is -0.896. The number of aromatic nitrogens is 1. The maximum atomic E-state index is 12.2. The third-order valence-corrected chi connectivity index (χ3v) is 4.82. The van der Waals surface area contributed by atoms with Gasteiger partial charge in [0.1, 0.15) is 5.76 Å². The molecule has 2 aliphatic rings. The van der Waals surface area contributed by atoms with E-state index in [9.17, 15) is 9.90 Å². The Balaban J connectivity index is 1.39. The third-order valence-electron chi connectivity index (χ3n) is 4.82. The number of nitrogens with zero attached hydrogens (tertiary/aromatic N) is 1. The van der Waals surface area contributed by atoms with Gasteiger partial charge in [-0.25, -0.2) is 0 Å². The van der Waals surface area contributed by atoms with Gasteiger partial charge in [0.25, 0.3) is 5.91 Å². The number of aryl methyl sites for hydroxylation is 1. The standard InChI is InChI=1S/C18H20N2O3/c21-17(15-9-16(23-20-15)13-5-6-13)19-11-18(22)8-7-12-3-1-2-4-14(12)10-18/h1-4,9,13,22H,5-8,10-11H2,(H,19,21). The van der Waals surface area contributed by atoms with Crippen molar-refractivity contribution in [1.29, 1.82) is 0 Å². The van der Waals surface area contributed by atoms with Crippen LogP contribution in [0.5, 0.6) is 0 Å². The summed E-state index contributed by atoms with van der Waals surface area (Å²) in [5.74, 6) is 0.941. The maximum Gasteiger partial charge on any atom is 0.273 e. The molecule has 5 heteroatoms. The second-order valence-electron chi connectivity index (χ2n) is 6.74.